The van der Waals surface area contributed by atoms with E-state index < -0.39 is 5.92 Å². The fourth-order valence-corrected chi connectivity index (χ4v) is 3.88. The van der Waals surface area contributed by atoms with E-state index in [0.717, 1.165) is 35.5 Å². The molecule has 1 heterocycles. The summed E-state index contributed by atoms with van der Waals surface area (Å²) in [4.78, 5) is 32.1. The molecule has 0 amide bonds. The first-order valence-electron chi connectivity index (χ1n) is 9.19. The van der Waals surface area contributed by atoms with E-state index in [0.29, 0.717) is 18.6 Å². The van der Waals surface area contributed by atoms with Crippen molar-refractivity contribution in [2.45, 2.75) is 39.0 Å². The Hall–Kier alpha value is -2.43. The molecule has 0 fully saturated rings. The number of Topliss-reactive ketones (excluding diaryl/α,β-unsaturated/α-hetero) is 1. The zero-order valence-corrected chi connectivity index (χ0v) is 15.9. The van der Waals surface area contributed by atoms with Crippen LogP contribution in [0, 0.1) is 5.92 Å². The van der Waals surface area contributed by atoms with Gasteiger partial charge in [0.2, 0.25) is 0 Å². The lowest BCUT2D eigenvalue weighted by Gasteiger charge is -2.34. The number of allylic oxidation sites excluding steroid dienone is 2. The number of ketones is 1. The summed E-state index contributed by atoms with van der Waals surface area (Å²) in [7, 11) is 3.97. The number of esters is 1. The number of hydrogen-bond acceptors (Lipinski definition) is 5. The van der Waals surface area contributed by atoms with Crippen LogP contribution < -0.4 is 4.90 Å². The first kappa shape index (κ1) is 18.4. The summed E-state index contributed by atoms with van der Waals surface area (Å²) in [6, 6.07) is 8.06. The fraction of sp³-hybridized carbons (Fsp3) is 0.476. The quantitative estimate of drug-likeness (QED) is 0.777. The Morgan fingerprint density at radius 3 is 2.54 bits per heavy atom. The molecule has 138 valence electrons. The van der Waals surface area contributed by atoms with Gasteiger partial charge in [0.05, 0.1) is 6.61 Å². The molecule has 0 spiro atoms. The maximum atomic E-state index is 12.7. The molecular weight excluding hydrogens is 328 g/mol. The zero-order valence-electron chi connectivity index (χ0n) is 15.9. The molecule has 5 nitrogen and oxygen atoms in total. The van der Waals surface area contributed by atoms with Crippen LogP contribution in [0.25, 0.3) is 0 Å². The average Bonchev–Trinajstić information content (AvgIpc) is 2.61. The van der Waals surface area contributed by atoms with Gasteiger partial charge in [0.15, 0.2) is 5.78 Å². The fourth-order valence-electron chi connectivity index (χ4n) is 3.88. The van der Waals surface area contributed by atoms with E-state index in [1.165, 1.54) is 0 Å². The van der Waals surface area contributed by atoms with Gasteiger partial charge in [-0.3, -0.25) is 14.6 Å². The van der Waals surface area contributed by atoms with Crippen molar-refractivity contribution >= 4 is 23.2 Å². The lowest BCUT2D eigenvalue weighted by atomic mass is 9.72. The van der Waals surface area contributed by atoms with E-state index in [-0.39, 0.29) is 17.7 Å². The monoisotopic (exact) mass is 354 g/mol. The smallest absolute Gasteiger partial charge is 0.315 e. The standard InChI is InChI=1S/C21H26N2O3/c1-5-26-21(25)18-13(2)22-16-7-6-8-17(24)20(16)19(18)14-9-11-15(12-10-14)23(3)4/h9-12,18-19H,5-8H2,1-4H3/t18?,19-/m0/s1. The number of aliphatic imine (C=N–C) groups is 1. The van der Waals surface area contributed by atoms with Gasteiger partial charge >= 0.3 is 5.97 Å². The highest BCUT2D eigenvalue weighted by Gasteiger charge is 2.42. The number of benzene rings is 1. The Balaban J connectivity index is 2.10. The maximum Gasteiger partial charge on any atom is 0.315 e. The lowest BCUT2D eigenvalue weighted by Crippen LogP contribution is -2.37. The Morgan fingerprint density at radius 2 is 1.92 bits per heavy atom. The summed E-state index contributed by atoms with van der Waals surface area (Å²) in [5, 5.41) is 0. The Morgan fingerprint density at radius 1 is 1.23 bits per heavy atom. The normalized spacial score (nSPS) is 22.6. The van der Waals surface area contributed by atoms with Crippen LogP contribution in [0.4, 0.5) is 5.69 Å². The largest absolute Gasteiger partial charge is 0.465 e. The molecular formula is C21H26N2O3. The number of carbonyl (C=O) groups is 2. The van der Waals surface area contributed by atoms with Crippen LogP contribution in [-0.2, 0) is 14.3 Å². The van der Waals surface area contributed by atoms with Crippen molar-refractivity contribution in [3.8, 4) is 0 Å². The van der Waals surface area contributed by atoms with Crippen LogP contribution in [0.3, 0.4) is 0 Å². The summed E-state index contributed by atoms with van der Waals surface area (Å²) in [5.74, 6) is -1.05. The second kappa shape index (κ2) is 7.44. The zero-order chi connectivity index (χ0) is 18.8. The van der Waals surface area contributed by atoms with Crippen LogP contribution >= 0.6 is 0 Å². The lowest BCUT2D eigenvalue weighted by molar-refractivity contribution is -0.146. The molecule has 1 aliphatic heterocycles. The van der Waals surface area contributed by atoms with Gasteiger partial charge in [-0.05, 0) is 44.4 Å². The molecule has 1 aromatic rings. The van der Waals surface area contributed by atoms with Gasteiger partial charge in [0.1, 0.15) is 5.92 Å². The van der Waals surface area contributed by atoms with E-state index in [2.05, 4.69) is 4.99 Å². The van der Waals surface area contributed by atoms with E-state index in [1.54, 1.807) is 6.92 Å². The highest BCUT2D eigenvalue weighted by atomic mass is 16.5. The molecule has 1 aliphatic carbocycles. The molecule has 3 rings (SSSR count). The molecule has 26 heavy (non-hydrogen) atoms. The maximum absolute atomic E-state index is 12.7. The number of carbonyl (C=O) groups excluding carboxylic acids is 2. The van der Waals surface area contributed by atoms with Crippen LogP contribution in [0.15, 0.2) is 40.5 Å². The number of hydrogen-bond donors (Lipinski definition) is 0. The second-order valence-electron chi connectivity index (χ2n) is 7.08. The van der Waals surface area contributed by atoms with Crippen LogP contribution in [0.2, 0.25) is 0 Å². The molecule has 1 unspecified atom stereocenters. The Labute approximate surface area is 154 Å². The van der Waals surface area contributed by atoms with Gasteiger partial charge in [-0.2, -0.15) is 0 Å². The summed E-state index contributed by atoms with van der Waals surface area (Å²) >= 11 is 0. The van der Waals surface area contributed by atoms with Crippen molar-refractivity contribution in [3.63, 3.8) is 0 Å². The molecule has 5 heteroatoms. The molecule has 0 saturated heterocycles. The topological polar surface area (TPSA) is 59.0 Å². The van der Waals surface area contributed by atoms with Gasteiger partial charge < -0.3 is 9.64 Å². The molecule has 0 N–H and O–H groups in total. The second-order valence-corrected chi connectivity index (χ2v) is 7.08. The average molecular weight is 354 g/mol. The molecule has 2 atom stereocenters. The minimum absolute atomic E-state index is 0.110. The van der Waals surface area contributed by atoms with Gasteiger partial charge in [-0.15, -0.1) is 0 Å². The number of nitrogens with zero attached hydrogens (tertiary/aromatic N) is 2. The third kappa shape index (κ3) is 3.30. The summed E-state index contributed by atoms with van der Waals surface area (Å²) in [6.45, 7) is 3.98. The minimum Gasteiger partial charge on any atom is -0.465 e. The Bertz CT molecular complexity index is 775. The van der Waals surface area contributed by atoms with Gasteiger partial charge in [0.25, 0.3) is 0 Å². The summed E-state index contributed by atoms with van der Waals surface area (Å²) < 4.78 is 5.32. The van der Waals surface area contributed by atoms with E-state index in [9.17, 15) is 9.59 Å². The van der Waals surface area contributed by atoms with Crippen LogP contribution in [0.1, 0.15) is 44.6 Å². The summed E-state index contributed by atoms with van der Waals surface area (Å²) in [5.41, 5.74) is 4.33. The molecule has 0 bridgehead atoms. The van der Waals surface area contributed by atoms with Crippen molar-refractivity contribution in [2.75, 3.05) is 25.6 Å². The van der Waals surface area contributed by atoms with Gasteiger partial charge in [0, 0.05) is 49.1 Å². The highest BCUT2D eigenvalue weighted by molar-refractivity contribution is 6.08. The molecule has 0 radical (unpaired) electrons. The van der Waals surface area contributed by atoms with Crippen molar-refractivity contribution in [1.29, 1.82) is 0 Å². The van der Waals surface area contributed by atoms with E-state index in [1.807, 2.05) is 50.2 Å². The van der Waals surface area contributed by atoms with Gasteiger partial charge in [-0.1, -0.05) is 12.1 Å². The molecule has 0 saturated carbocycles. The number of rotatable bonds is 4. The number of anilines is 1. The molecule has 0 aromatic heterocycles. The minimum atomic E-state index is -0.541. The van der Waals surface area contributed by atoms with E-state index >= 15 is 0 Å². The summed E-state index contributed by atoms with van der Waals surface area (Å²) in [6.07, 6.45) is 2.14. The van der Waals surface area contributed by atoms with Crippen molar-refractivity contribution in [1.82, 2.24) is 0 Å². The van der Waals surface area contributed by atoms with Crippen molar-refractivity contribution < 1.29 is 14.3 Å². The Kier molecular flexibility index (Phi) is 5.25. The van der Waals surface area contributed by atoms with Gasteiger partial charge in [-0.25, -0.2) is 0 Å². The van der Waals surface area contributed by atoms with E-state index in [4.69, 9.17) is 4.74 Å². The van der Waals surface area contributed by atoms with Crippen LogP contribution in [-0.4, -0.2) is 38.2 Å². The predicted molar refractivity (Wildman–Crippen MR) is 103 cm³/mol. The predicted octanol–water partition coefficient (Wildman–Crippen LogP) is 3.50. The van der Waals surface area contributed by atoms with Crippen molar-refractivity contribution in [2.24, 2.45) is 10.9 Å². The third-order valence-corrected chi connectivity index (χ3v) is 5.14. The molecule has 2 aliphatic rings. The SMILES string of the molecule is CCOC(=O)C1C(C)=NC2=C(C(=O)CCC2)[C@H]1c1ccc(N(C)C)cc1. The van der Waals surface area contributed by atoms with Crippen molar-refractivity contribution in [3.05, 3.63) is 41.1 Å². The molecule has 1 aromatic carbocycles. The first-order chi connectivity index (χ1) is 12.4. The first-order valence-corrected chi connectivity index (χ1v) is 9.19. The van der Waals surface area contributed by atoms with Crippen LogP contribution in [0.5, 0.6) is 0 Å². The highest BCUT2D eigenvalue weighted by Crippen LogP contribution is 2.43. The number of ether oxygens (including phenoxy) is 1. The third-order valence-electron chi connectivity index (χ3n) is 5.14.